The van der Waals surface area contributed by atoms with Crippen LogP contribution in [0.4, 0.5) is 11.4 Å². The van der Waals surface area contributed by atoms with Crippen LogP contribution >= 0.6 is 0 Å². The molecule has 0 bridgehead atoms. The van der Waals surface area contributed by atoms with Crippen molar-refractivity contribution in [3.05, 3.63) is 66.2 Å². The number of hydrogen-bond donors (Lipinski definition) is 1. The minimum absolute atomic E-state index is 0.0368. The summed E-state index contributed by atoms with van der Waals surface area (Å²) in [7, 11) is 0. The second-order valence-corrected chi connectivity index (χ2v) is 6.90. The van der Waals surface area contributed by atoms with Crippen LogP contribution in [0.2, 0.25) is 0 Å². The summed E-state index contributed by atoms with van der Waals surface area (Å²) in [5.74, 6) is 0.219. The molecule has 1 aliphatic rings. The maximum atomic E-state index is 12.9. The fraction of sp³-hybridized carbons (Fsp3) is 0.348. The van der Waals surface area contributed by atoms with Gasteiger partial charge in [0.15, 0.2) is 0 Å². The minimum Gasteiger partial charge on any atom is -0.355 e. The number of para-hydroxylation sites is 2. The van der Waals surface area contributed by atoms with E-state index in [1.165, 1.54) is 12.8 Å². The fourth-order valence-corrected chi connectivity index (χ4v) is 3.51. The summed E-state index contributed by atoms with van der Waals surface area (Å²) >= 11 is 0. The van der Waals surface area contributed by atoms with Gasteiger partial charge in [-0.15, -0.1) is 0 Å². The molecule has 0 unspecified atom stereocenters. The molecule has 0 saturated heterocycles. The highest BCUT2D eigenvalue weighted by Gasteiger charge is 2.28. The Morgan fingerprint density at radius 2 is 1.73 bits per heavy atom. The summed E-state index contributed by atoms with van der Waals surface area (Å²) < 4.78 is 0. The monoisotopic (exact) mass is 348 g/mol. The van der Waals surface area contributed by atoms with Crippen LogP contribution in [0.15, 0.2) is 60.7 Å². The summed E-state index contributed by atoms with van der Waals surface area (Å²) in [6, 6.07) is 18.4. The predicted molar refractivity (Wildman–Crippen MR) is 110 cm³/mol. The molecule has 0 spiro atoms. The lowest BCUT2D eigenvalue weighted by molar-refractivity contribution is -0.119. The van der Waals surface area contributed by atoms with Gasteiger partial charge in [0.05, 0.1) is 11.7 Å². The first-order valence-corrected chi connectivity index (χ1v) is 9.66. The zero-order valence-electron chi connectivity index (χ0n) is 15.7. The lowest BCUT2D eigenvalue weighted by atomic mass is 9.99. The van der Waals surface area contributed by atoms with Gasteiger partial charge in [0.2, 0.25) is 5.91 Å². The molecule has 1 amide bonds. The molecule has 1 N–H and O–H groups in total. The quantitative estimate of drug-likeness (QED) is 0.637. The number of amides is 1. The molecule has 136 valence electrons. The van der Waals surface area contributed by atoms with Gasteiger partial charge >= 0.3 is 0 Å². The van der Waals surface area contributed by atoms with E-state index in [2.05, 4.69) is 49.5 Å². The Balaban J connectivity index is 1.81. The van der Waals surface area contributed by atoms with Gasteiger partial charge in [0, 0.05) is 23.4 Å². The average Bonchev–Trinajstić information content (AvgIpc) is 2.66. The van der Waals surface area contributed by atoms with Gasteiger partial charge in [-0.2, -0.15) is 0 Å². The van der Waals surface area contributed by atoms with E-state index in [1.807, 2.05) is 35.2 Å². The van der Waals surface area contributed by atoms with Crippen molar-refractivity contribution in [2.75, 3.05) is 10.2 Å². The van der Waals surface area contributed by atoms with Crippen molar-refractivity contribution in [3.8, 4) is 0 Å². The maximum absolute atomic E-state index is 12.9. The number of carbonyl (C=O) groups excluding carboxylic acids is 1. The van der Waals surface area contributed by atoms with Crippen LogP contribution in [0.5, 0.6) is 0 Å². The molecule has 0 aliphatic carbocycles. The number of fused-ring (bicyclic) bond motifs is 1. The van der Waals surface area contributed by atoms with E-state index >= 15 is 0 Å². The molecule has 0 saturated carbocycles. The fourth-order valence-electron chi connectivity index (χ4n) is 3.51. The Hall–Kier alpha value is -2.55. The molecule has 3 nitrogen and oxygen atoms in total. The summed E-state index contributed by atoms with van der Waals surface area (Å²) in [6.45, 7) is 4.28. The summed E-state index contributed by atoms with van der Waals surface area (Å²) in [5.41, 5.74) is 4.20. The van der Waals surface area contributed by atoms with Crippen LogP contribution in [-0.4, -0.2) is 11.9 Å². The van der Waals surface area contributed by atoms with Crippen molar-refractivity contribution < 1.29 is 4.79 Å². The topological polar surface area (TPSA) is 32.3 Å². The van der Waals surface area contributed by atoms with Crippen LogP contribution in [-0.2, 0) is 4.79 Å². The third-order valence-corrected chi connectivity index (χ3v) is 4.83. The number of unbranched alkanes of at least 4 members (excludes halogenated alkanes) is 3. The van der Waals surface area contributed by atoms with Crippen molar-refractivity contribution in [2.45, 2.75) is 52.0 Å². The highest BCUT2D eigenvalue weighted by atomic mass is 16.2. The Morgan fingerprint density at radius 3 is 2.50 bits per heavy atom. The van der Waals surface area contributed by atoms with Crippen LogP contribution in [0.1, 0.15) is 51.5 Å². The molecular weight excluding hydrogens is 320 g/mol. The van der Waals surface area contributed by atoms with Crippen molar-refractivity contribution in [1.82, 2.24) is 0 Å². The number of nitrogens with zero attached hydrogens (tertiary/aromatic N) is 1. The van der Waals surface area contributed by atoms with Gasteiger partial charge in [0.1, 0.15) is 0 Å². The van der Waals surface area contributed by atoms with E-state index in [1.54, 1.807) is 0 Å². The van der Waals surface area contributed by atoms with Crippen molar-refractivity contribution >= 4 is 23.0 Å². The standard InChI is InChI=1S/C23H28N2O/c1-3-4-5-9-16-23(26)25-18(2)17-21(20-14-10-11-15-22(20)25)24-19-12-7-6-8-13-19/h6-8,10-15,17-18,24H,3-5,9,16H2,1-2H3/t18-/m0/s1. The van der Waals surface area contributed by atoms with Crippen LogP contribution in [0, 0.1) is 0 Å². The summed E-state index contributed by atoms with van der Waals surface area (Å²) in [4.78, 5) is 14.8. The van der Waals surface area contributed by atoms with E-state index in [9.17, 15) is 4.79 Å². The third-order valence-electron chi connectivity index (χ3n) is 4.83. The van der Waals surface area contributed by atoms with Gasteiger partial charge in [-0.05, 0) is 37.6 Å². The zero-order valence-corrected chi connectivity index (χ0v) is 15.7. The smallest absolute Gasteiger partial charge is 0.227 e. The predicted octanol–water partition coefficient (Wildman–Crippen LogP) is 5.85. The average molecular weight is 348 g/mol. The van der Waals surface area contributed by atoms with Gasteiger partial charge in [-0.3, -0.25) is 4.79 Å². The lowest BCUT2D eigenvalue weighted by Crippen LogP contribution is -2.40. The van der Waals surface area contributed by atoms with Crippen LogP contribution < -0.4 is 10.2 Å². The zero-order chi connectivity index (χ0) is 18.4. The molecule has 26 heavy (non-hydrogen) atoms. The Bertz CT molecular complexity index is 767. The number of benzene rings is 2. The first-order chi connectivity index (χ1) is 12.7. The van der Waals surface area contributed by atoms with E-state index in [0.29, 0.717) is 6.42 Å². The minimum atomic E-state index is 0.0368. The van der Waals surface area contributed by atoms with Crippen molar-refractivity contribution in [2.24, 2.45) is 0 Å². The number of hydrogen-bond acceptors (Lipinski definition) is 2. The highest BCUT2D eigenvalue weighted by molar-refractivity contribution is 6.00. The molecular formula is C23H28N2O. The molecule has 0 radical (unpaired) electrons. The normalized spacial score (nSPS) is 16.0. The van der Waals surface area contributed by atoms with Gasteiger partial charge in [-0.25, -0.2) is 0 Å². The molecule has 1 heterocycles. The first kappa shape index (κ1) is 18.2. The second-order valence-electron chi connectivity index (χ2n) is 6.90. The summed E-state index contributed by atoms with van der Waals surface area (Å²) in [5, 5.41) is 3.51. The Kier molecular flexibility index (Phi) is 6.11. The number of anilines is 2. The van der Waals surface area contributed by atoms with E-state index < -0.39 is 0 Å². The molecule has 2 aromatic carbocycles. The molecule has 2 aromatic rings. The number of rotatable bonds is 7. The Labute approximate surface area is 156 Å². The molecule has 3 heteroatoms. The van der Waals surface area contributed by atoms with Gasteiger partial charge < -0.3 is 10.2 Å². The molecule has 3 rings (SSSR count). The van der Waals surface area contributed by atoms with Crippen molar-refractivity contribution in [3.63, 3.8) is 0 Å². The van der Waals surface area contributed by atoms with Crippen LogP contribution in [0.25, 0.3) is 5.70 Å². The molecule has 1 aliphatic heterocycles. The lowest BCUT2D eigenvalue weighted by Gasteiger charge is -2.34. The number of nitrogens with one attached hydrogen (secondary N) is 1. The largest absolute Gasteiger partial charge is 0.355 e. The Morgan fingerprint density at radius 1 is 1.00 bits per heavy atom. The van der Waals surface area contributed by atoms with Crippen LogP contribution in [0.3, 0.4) is 0 Å². The number of carbonyl (C=O) groups is 1. The van der Waals surface area contributed by atoms with E-state index in [0.717, 1.165) is 35.5 Å². The molecule has 0 fully saturated rings. The summed E-state index contributed by atoms with van der Waals surface area (Å²) in [6.07, 6.45) is 7.26. The van der Waals surface area contributed by atoms with E-state index in [-0.39, 0.29) is 11.9 Å². The third kappa shape index (κ3) is 4.16. The molecule has 1 atom stereocenters. The SMILES string of the molecule is CCCCCCC(=O)N1c2ccccc2C(Nc2ccccc2)=C[C@@H]1C. The van der Waals surface area contributed by atoms with E-state index in [4.69, 9.17) is 0 Å². The molecule has 0 aromatic heterocycles. The first-order valence-electron chi connectivity index (χ1n) is 9.66. The van der Waals surface area contributed by atoms with Gasteiger partial charge in [-0.1, -0.05) is 62.6 Å². The highest BCUT2D eigenvalue weighted by Crippen LogP contribution is 2.35. The van der Waals surface area contributed by atoms with Crippen molar-refractivity contribution in [1.29, 1.82) is 0 Å². The second kappa shape index (κ2) is 8.70. The van der Waals surface area contributed by atoms with Gasteiger partial charge in [0.25, 0.3) is 0 Å². The maximum Gasteiger partial charge on any atom is 0.227 e.